The molecule has 8 heteroatoms. The molecule has 1 aliphatic heterocycles. The number of fused-ring (bicyclic) bond motifs is 3. The van der Waals surface area contributed by atoms with E-state index in [1.54, 1.807) is 23.1 Å². The Labute approximate surface area is 221 Å². The van der Waals surface area contributed by atoms with Crippen LogP contribution in [0.5, 0.6) is 5.75 Å². The van der Waals surface area contributed by atoms with E-state index >= 15 is 0 Å². The summed E-state index contributed by atoms with van der Waals surface area (Å²) in [6.45, 7) is 4.67. The summed E-state index contributed by atoms with van der Waals surface area (Å²) in [5.74, 6) is 0.709. The van der Waals surface area contributed by atoms with Crippen molar-refractivity contribution in [2.75, 3.05) is 19.8 Å². The maximum atomic E-state index is 13.4. The summed E-state index contributed by atoms with van der Waals surface area (Å²) in [5.41, 5.74) is 4.01. The van der Waals surface area contributed by atoms with Gasteiger partial charge in [0.1, 0.15) is 17.9 Å². The van der Waals surface area contributed by atoms with Crippen molar-refractivity contribution in [3.8, 4) is 5.75 Å². The number of carbonyl (C=O) groups excluding carboxylic acids is 1. The SMILES string of the molecule is C/C=C(Cl)\C=C/C(C)OC(=O)N1CCc2c([nH]c3ccc(Cl)cc23)C1c1ccc(OCCCO)cc1. The molecule has 2 unspecified atom stereocenters. The van der Waals surface area contributed by atoms with Gasteiger partial charge >= 0.3 is 6.09 Å². The Morgan fingerprint density at radius 3 is 2.78 bits per heavy atom. The number of aromatic amines is 1. The Morgan fingerprint density at radius 1 is 1.28 bits per heavy atom. The first-order chi connectivity index (χ1) is 17.4. The van der Waals surface area contributed by atoms with Crippen molar-refractivity contribution in [2.24, 2.45) is 0 Å². The molecule has 2 N–H and O–H groups in total. The van der Waals surface area contributed by atoms with E-state index in [2.05, 4.69) is 4.98 Å². The van der Waals surface area contributed by atoms with Gasteiger partial charge in [0.25, 0.3) is 0 Å². The summed E-state index contributed by atoms with van der Waals surface area (Å²) in [5, 5.41) is 11.3. The zero-order valence-electron chi connectivity index (χ0n) is 20.3. The molecular formula is C28H30Cl2N2O4. The van der Waals surface area contributed by atoms with Crippen LogP contribution in [0.2, 0.25) is 5.02 Å². The molecule has 0 spiro atoms. The number of ether oxygens (including phenoxy) is 2. The largest absolute Gasteiger partial charge is 0.494 e. The van der Waals surface area contributed by atoms with Crippen LogP contribution >= 0.6 is 23.2 Å². The van der Waals surface area contributed by atoms with E-state index in [0.29, 0.717) is 41.8 Å². The van der Waals surface area contributed by atoms with Crippen LogP contribution in [0.15, 0.2) is 65.7 Å². The Morgan fingerprint density at radius 2 is 2.06 bits per heavy atom. The summed E-state index contributed by atoms with van der Waals surface area (Å²) < 4.78 is 11.5. The van der Waals surface area contributed by atoms with Gasteiger partial charge in [-0.05, 0) is 73.9 Å². The number of allylic oxidation sites excluding steroid dienone is 3. The molecule has 1 aliphatic rings. The van der Waals surface area contributed by atoms with Crippen LogP contribution in [0, 0.1) is 0 Å². The molecule has 0 saturated carbocycles. The summed E-state index contributed by atoms with van der Waals surface area (Å²) >= 11 is 12.3. The van der Waals surface area contributed by atoms with Crippen LogP contribution in [-0.2, 0) is 11.2 Å². The molecule has 2 aromatic carbocycles. The Bertz CT molecular complexity index is 1270. The number of benzene rings is 2. The van der Waals surface area contributed by atoms with Crippen molar-refractivity contribution >= 4 is 40.2 Å². The van der Waals surface area contributed by atoms with Crippen molar-refractivity contribution in [2.45, 2.75) is 38.8 Å². The number of aliphatic hydroxyl groups is 1. The first-order valence-corrected chi connectivity index (χ1v) is 12.8. The Balaban J connectivity index is 1.66. The number of hydrogen-bond donors (Lipinski definition) is 2. The summed E-state index contributed by atoms with van der Waals surface area (Å²) in [6.07, 6.45) is 5.65. The lowest BCUT2D eigenvalue weighted by molar-refractivity contribution is 0.0740. The Hall–Kier alpha value is -2.93. The molecule has 0 fully saturated rings. The third kappa shape index (κ3) is 5.89. The van der Waals surface area contributed by atoms with Crippen LogP contribution in [0.25, 0.3) is 10.9 Å². The molecule has 0 radical (unpaired) electrons. The van der Waals surface area contributed by atoms with Gasteiger partial charge in [-0.15, -0.1) is 0 Å². The van der Waals surface area contributed by atoms with E-state index < -0.39 is 12.2 Å². The van der Waals surface area contributed by atoms with Crippen molar-refractivity contribution in [3.05, 3.63) is 87.6 Å². The topological polar surface area (TPSA) is 74.8 Å². The second-order valence-corrected chi connectivity index (χ2v) is 9.54. The molecule has 190 valence electrons. The van der Waals surface area contributed by atoms with Crippen LogP contribution in [0.3, 0.4) is 0 Å². The second-order valence-electron chi connectivity index (χ2n) is 8.67. The van der Waals surface area contributed by atoms with E-state index in [9.17, 15) is 4.79 Å². The maximum Gasteiger partial charge on any atom is 0.411 e. The smallest absolute Gasteiger partial charge is 0.411 e. The van der Waals surface area contributed by atoms with Gasteiger partial charge in [0.15, 0.2) is 0 Å². The van der Waals surface area contributed by atoms with Gasteiger partial charge in [-0.3, -0.25) is 4.90 Å². The van der Waals surface area contributed by atoms with Crippen molar-refractivity contribution in [1.29, 1.82) is 0 Å². The molecular weight excluding hydrogens is 499 g/mol. The predicted octanol–water partition coefficient (Wildman–Crippen LogP) is 6.75. The molecule has 36 heavy (non-hydrogen) atoms. The lowest BCUT2D eigenvalue weighted by Gasteiger charge is -2.36. The zero-order chi connectivity index (χ0) is 25.7. The molecule has 1 amide bonds. The van der Waals surface area contributed by atoms with Crippen molar-refractivity contribution in [3.63, 3.8) is 0 Å². The third-order valence-corrected chi connectivity index (χ3v) is 6.76. The first-order valence-electron chi connectivity index (χ1n) is 12.0. The lowest BCUT2D eigenvalue weighted by Crippen LogP contribution is -2.41. The predicted molar refractivity (Wildman–Crippen MR) is 144 cm³/mol. The molecule has 2 atom stereocenters. The quantitative estimate of drug-likeness (QED) is 0.250. The number of nitrogens with zero attached hydrogens (tertiary/aromatic N) is 1. The Kier molecular flexibility index (Phi) is 8.62. The van der Waals surface area contributed by atoms with Crippen LogP contribution < -0.4 is 4.74 Å². The van der Waals surface area contributed by atoms with Gasteiger partial charge in [0, 0.05) is 46.2 Å². The maximum absolute atomic E-state index is 13.4. The minimum absolute atomic E-state index is 0.0823. The van der Waals surface area contributed by atoms with Gasteiger partial charge in [-0.1, -0.05) is 41.4 Å². The zero-order valence-corrected chi connectivity index (χ0v) is 21.9. The number of aliphatic hydroxyl groups excluding tert-OH is 1. The standard InChI is InChI=1S/C28H30Cl2N2O4/c1-3-20(29)8-5-18(2)36-28(34)32-14-13-23-24-17-21(30)9-12-25(24)31-26(23)27(32)19-6-10-22(11-7-19)35-16-4-15-33/h3,5-12,17-18,27,31,33H,4,13-16H2,1-2H3/b8-5-,20-3+. The molecule has 1 aromatic heterocycles. The lowest BCUT2D eigenvalue weighted by atomic mass is 9.92. The number of rotatable bonds is 8. The highest BCUT2D eigenvalue weighted by molar-refractivity contribution is 6.31. The summed E-state index contributed by atoms with van der Waals surface area (Å²) in [6, 6.07) is 13.1. The average Bonchev–Trinajstić information content (AvgIpc) is 3.25. The number of H-pyrrole nitrogens is 1. The summed E-state index contributed by atoms with van der Waals surface area (Å²) in [7, 11) is 0. The van der Waals surface area contributed by atoms with E-state index in [0.717, 1.165) is 27.7 Å². The molecule has 2 heterocycles. The highest BCUT2D eigenvalue weighted by atomic mass is 35.5. The van der Waals surface area contributed by atoms with Gasteiger partial charge in [-0.2, -0.15) is 0 Å². The van der Waals surface area contributed by atoms with E-state index in [-0.39, 0.29) is 12.6 Å². The number of nitrogens with one attached hydrogen (secondary N) is 1. The number of halogens is 2. The molecule has 0 bridgehead atoms. The van der Waals surface area contributed by atoms with E-state index in [1.165, 1.54) is 0 Å². The van der Waals surface area contributed by atoms with Crippen LogP contribution in [-0.4, -0.2) is 46.9 Å². The molecule has 6 nitrogen and oxygen atoms in total. The molecule has 0 aliphatic carbocycles. The fraction of sp³-hybridized carbons (Fsp3) is 0.321. The van der Waals surface area contributed by atoms with E-state index in [1.807, 2.05) is 56.3 Å². The highest BCUT2D eigenvalue weighted by Gasteiger charge is 2.36. The summed E-state index contributed by atoms with van der Waals surface area (Å²) in [4.78, 5) is 18.6. The number of hydrogen-bond acceptors (Lipinski definition) is 4. The van der Waals surface area contributed by atoms with E-state index in [4.69, 9.17) is 37.8 Å². The van der Waals surface area contributed by atoms with Gasteiger partial charge in [-0.25, -0.2) is 4.79 Å². The minimum Gasteiger partial charge on any atom is -0.494 e. The minimum atomic E-state index is -0.447. The fourth-order valence-electron chi connectivity index (χ4n) is 4.39. The van der Waals surface area contributed by atoms with Gasteiger partial charge < -0.3 is 19.6 Å². The van der Waals surface area contributed by atoms with Crippen molar-refractivity contribution < 1.29 is 19.4 Å². The second kappa shape index (κ2) is 11.9. The average molecular weight is 529 g/mol. The normalized spacial score (nSPS) is 16.9. The fourth-order valence-corrected chi connectivity index (χ4v) is 4.64. The number of aromatic nitrogens is 1. The molecule has 4 rings (SSSR count). The number of amides is 1. The van der Waals surface area contributed by atoms with Gasteiger partial charge in [0.2, 0.25) is 0 Å². The van der Waals surface area contributed by atoms with Gasteiger partial charge in [0.05, 0.1) is 6.61 Å². The molecule has 0 saturated heterocycles. The van der Waals surface area contributed by atoms with Crippen LogP contribution in [0.4, 0.5) is 4.79 Å². The monoisotopic (exact) mass is 528 g/mol. The molecule has 3 aromatic rings. The first kappa shape index (κ1) is 26.1. The highest BCUT2D eigenvalue weighted by Crippen LogP contribution is 2.40. The third-order valence-electron chi connectivity index (χ3n) is 6.18. The van der Waals surface area contributed by atoms with Crippen LogP contribution in [0.1, 0.15) is 43.1 Å². The number of carbonyl (C=O) groups is 1. The van der Waals surface area contributed by atoms with Crippen molar-refractivity contribution in [1.82, 2.24) is 9.88 Å².